The molecule has 0 fully saturated rings. The van der Waals surface area contributed by atoms with Gasteiger partial charge in [-0.1, -0.05) is 30.3 Å². The lowest BCUT2D eigenvalue weighted by molar-refractivity contribution is 0.475. The van der Waals surface area contributed by atoms with Crippen LogP contribution in [-0.2, 0) is 6.42 Å². The Labute approximate surface area is 129 Å². The molecule has 0 atom stereocenters. The second-order valence-corrected chi connectivity index (χ2v) is 4.86. The van der Waals surface area contributed by atoms with Gasteiger partial charge in [-0.3, -0.25) is 5.43 Å². The van der Waals surface area contributed by atoms with Gasteiger partial charge >= 0.3 is 0 Å². The summed E-state index contributed by atoms with van der Waals surface area (Å²) in [6, 6.07) is 17.0. The van der Waals surface area contributed by atoms with Crippen molar-refractivity contribution in [2.45, 2.75) is 6.42 Å². The third-order valence-electron chi connectivity index (χ3n) is 2.81. The fourth-order valence-electron chi connectivity index (χ4n) is 1.73. The lowest BCUT2D eigenvalue weighted by Gasteiger charge is -2.06. The number of nitrogens with one attached hydrogen (secondary N) is 2. The van der Waals surface area contributed by atoms with Crippen molar-refractivity contribution >= 4 is 23.5 Å². The molecule has 0 amide bonds. The van der Waals surface area contributed by atoms with Crippen LogP contribution in [0.25, 0.3) is 0 Å². The van der Waals surface area contributed by atoms with Crippen molar-refractivity contribution in [3.63, 3.8) is 0 Å². The number of hydrogen-bond donors (Lipinski definition) is 3. The largest absolute Gasteiger partial charge is 0.508 e. The minimum absolute atomic E-state index is 0.234. The predicted molar refractivity (Wildman–Crippen MR) is 89.6 cm³/mol. The highest BCUT2D eigenvalue weighted by molar-refractivity contribution is 7.80. The van der Waals surface area contributed by atoms with E-state index in [4.69, 9.17) is 12.2 Å². The molecule has 2 aromatic rings. The molecule has 0 aliphatic heterocycles. The van der Waals surface area contributed by atoms with Gasteiger partial charge in [0, 0.05) is 6.54 Å². The predicted octanol–water partition coefficient (Wildman–Crippen LogP) is 2.43. The summed E-state index contributed by atoms with van der Waals surface area (Å²) in [6.07, 6.45) is 2.55. The van der Waals surface area contributed by atoms with Gasteiger partial charge < -0.3 is 10.4 Å². The van der Waals surface area contributed by atoms with Crippen LogP contribution in [0.2, 0.25) is 0 Å². The average molecular weight is 299 g/mol. The summed E-state index contributed by atoms with van der Waals surface area (Å²) < 4.78 is 0. The quantitative estimate of drug-likeness (QED) is 0.451. The first-order valence-electron chi connectivity index (χ1n) is 6.64. The molecule has 2 rings (SSSR count). The summed E-state index contributed by atoms with van der Waals surface area (Å²) in [4.78, 5) is 0. The number of hydrazone groups is 1. The van der Waals surface area contributed by atoms with Crippen LogP contribution in [0.1, 0.15) is 11.1 Å². The summed E-state index contributed by atoms with van der Waals surface area (Å²) >= 11 is 5.13. The molecule has 0 unspecified atom stereocenters. The first-order valence-corrected chi connectivity index (χ1v) is 7.05. The van der Waals surface area contributed by atoms with Crippen molar-refractivity contribution in [2.24, 2.45) is 5.10 Å². The van der Waals surface area contributed by atoms with Crippen molar-refractivity contribution in [2.75, 3.05) is 6.54 Å². The van der Waals surface area contributed by atoms with Gasteiger partial charge in [-0.05, 0) is 54.0 Å². The van der Waals surface area contributed by atoms with Gasteiger partial charge in [0.15, 0.2) is 5.11 Å². The molecule has 5 heteroatoms. The first-order chi connectivity index (χ1) is 10.2. The molecule has 21 heavy (non-hydrogen) atoms. The van der Waals surface area contributed by atoms with E-state index in [1.165, 1.54) is 5.56 Å². The molecule has 0 saturated carbocycles. The SMILES string of the molecule is Oc1ccc(/C=N/NC(=S)NCCc2ccccc2)cc1. The van der Waals surface area contributed by atoms with Crippen molar-refractivity contribution in [3.8, 4) is 5.75 Å². The van der Waals surface area contributed by atoms with E-state index >= 15 is 0 Å². The highest BCUT2D eigenvalue weighted by atomic mass is 32.1. The summed E-state index contributed by atoms with van der Waals surface area (Å²) in [5.41, 5.74) is 4.91. The minimum atomic E-state index is 0.234. The van der Waals surface area contributed by atoms with Crippen molar-refractivity contribution < 1.29 is 5.11 Å². The number of aromatic hydroxyl groups is 1. The van der Waals surface area contributed by atoms with E-state index in [-0.39, 0.29) is 5.75 Å². The number of hydrogen-bond acceptors (Lipinski definition) is 3. The van der Waals surface area contributed by atoms with Gasteiger partial charge in [-0.2, -0.15) is 5.10 Å². The summed E-state index contributed by atoms with van der Waals surface area (Å²) in [5, 5.41) is 16.8. The molecular formula is C16H17N3OS. The van der Waals surface area contributed by atoms with E-state index in [1.54, 1.807) is 30.5 Å². The van der Waals surface area contributed by atoms with Crippen LogP contribution in [0.4, 0.5) is 0 Å². The van der Waals surface area contributed by atoms with Crippen molar-refractivity contribution in [3.05, 3.63) is 65.7 Å². The van der Waals surface area contributed by atoms with Crippen LogP contribution in [0.15, 0.2) is 59.7 Å². The fraction of sp³-hybridized carbons (Fsp3) is 0.125. The summed E-state index contributed by atoms with van der Waals surface area (Å²) in [5.74, 6) is 0.234. The van der Waals surface area contributed by atoms with Gasteiger partial charge in [0.2, 0.25) is 0 Å². The van der Waals surface area contributed by atoms with Crippen molar-refractivity contribution in [1.29, 1.82) is 0 Å². The van der Waals surface area contributed by atoms with Gasteiger partial charge in [0.05, 0.1) is 6.21 Å². The zero-order valence-corrected chi connectivity index (χ0v) is 12.3. The highest BCUT2D eigenvalue weighted by Crippen LogP contribution is 2.07. The molecule has 0 aromatic heterocycles. The molecule has 2 aromatic carbocycles. The topological polar surface area (TPSA) is 56.7 Å². The maximum Gasteiger partial charge on any atom is 0.186 e. The Morgan fingerprint density at radius 1 is 1.10 bits per heavy atom. The van der Waals surface area contributed by atoms with E-state index in [0.717, 1.165) is 18.5 Å². The van der Waals surface area contributed by atoms with Crippen LogP contribution >= 0.6 is 12.2 Å². The molecule has 0 bridgehead atoms. The third-order valence-corrected chi connectivity index (χ3v) is 3.05. The smallest absolute Gasteiger partial charge is 0.186 e. The van der Waals surface area contributed by atoms with E-state index in [2.05, 4.69) is 28.0 Å². The Hall–Kier alpha value is -2.40. The van der Waals surface area contributed by atoms with Crippen molar-refractivity contribution in [1.82, 2.24) is 10.7 Å². The van der Waals surface area contributed by atoms with E-state index in [1.807, 2.05) is 18.2 Å². The maximum absolute atomic E-state index is 9.17. The molecule has 0 aliphatic rings. The second kappa shape index (κ2) is 8.01. The third kappa shape index (κ3) is 5.62. The number of thiocarbonyl (C=S) groups is 1. The Morgan fingerprint density at radius 2 is 1.81 bits per heavy atom. The molecular weight excluding hydrogens is 282 g/mol. The number of benzene rings is 2. The van der Waals surface area contributed by atoms with E-state index in [0.29, 0.717) is 5.11 Å². The standard InChI is InChI=1S/C16H17N3OS/c20-15-8-6-14(7-9-15)12-18-19-16(21)17-11-10-13-4-2-1-3-5-13/h1-9,12,20H,10-11H2,(H2,17,19,21)/b18-12+. The monoisotopic (exact) mass is 299 g/mol. The first kappa shape index (κ1) is 15.0. The lowest BCUT2D eigenvalue weighted by atomic mass is 10.1. The second-order valence-electron chi connectivity index (χ2n) is 4.45. The Bertz CT molecular complexity index is 597. The van der Waals surface area contributed by atoms with Crippen LogP contribution in [0, 0.1) is 0 Å². The van der Waals surface area contributed by atoms with Gasteiger partial charge in [-0.15, -0.1) is 0 Å². The van der Waals surface area contributed by atoms with E-state index < -0.39 is 0 Å². The molecule has 0 radical (unpaired) electrons. The number of phenolic OH excluding ortho intramolecular Hbond substituents is 1. The zero-order valence-electron chi connectivity index (χ0n) is 11.5. The molecule has 0 saturated heterocycles. The summed E-state index contributed by atoms with van der Waals surface area (Å²) in [7, 11) is 0. The molecule has 4 nitrogen and oxygen atoms in total. The molecule has 0 spiro atoms. The van der Waals surface area contributed by atoms with Gasteiger partial charge in [0.25, 0.3) is 0 Å². The summed E-state index contributed by atoms with van der Waals surface area (Å²) in [6.45, 7) is 0.755. The molecule has 0 heterocycles. The molecule has 0 aliphatic carbocycles. The Morgan fingerprint density at radius 3 is 2.52 bits per heavy atom. The molecule has 3 N–H and O–H groups in total. The average Bonchev–Trinajstić information content (AvgIpc) is 2.50. The Kier molecular flexibility index (Phi) is 5.72. The fourth-order valence-corrected chi connectivity index (χ4v) is 1.89. The zero-order chi connectivity index (χ0) is 14.9. The number of rotatable bonds is 5. The van der Waals surface area contributed by atoms with Gasteiger partial charge in [0.1, 0.15) is 5.75 Å². The number of nitrogens with zero attached hydrogens (tertiary/aromatic N) is 1. The maximum atomic E-state index is 9.17. The Balaban J connectivity index is 1.69. The van der Waals surface area contributed by atoms with Crippen LogP contribution in [-0.4, -0.2) is 23.0 Å². The normalized spacial score (nSPS) is 10.5. The van der Waals surface area contributed by atoms with E-state index in [9.17, 15) is 5.11 Å². The van der Waals surface area contributed by atoms with Crippen LogP contribution in [0.5, 0.6) is 5.75 Å². The van der Waals surface area contributed by atoms with Crippen LogP contribution < -0.4 is 10.7 Å². The van der Waals surface area contributed by atoms with Crippen LogP contribution in [0.3, 0.4) is 0 Å². The highest BCUT2D eigenvalue weighted by Gasteiger charge is 1.94. The van der Waals surface area contributed by atoms with Gasteiger partial charge in [-0.25, -0.2) is 0 Å². The lowest BCUT2D eigenvalue weighted by Crippen LogP contribution is -2.33. The minimum Gasteiger partial charge on any atom is -0.508 e. The molecule has 108 valence electrons. The number of phenols is 1.